The highest BCUT2D eigenvalue weighted by molar-refractivity contribution is 7.80. The molecule has 1 aromatic carbocycles. The minimum absolute atomic E-state index is 0.116. The molecule has 168 valence electrons. The van der Waals surface area contributed by atoms with Crippen molar-refractivity contribution in [3.63, 3.8) is 0 Å². The Morgan fingerprint density at radius 3 is 2.70 bits per heavy atom. The monoisotopic (exact) mass is 462 g/mol. The second-order valence-corrected chi connectivity index (χ2v) is 8.31. The standard InChI is InChI=1S/C25H22N2O5S/c1-25(2)20(26-24(33)27-21(28)11-10-16-8-6-12-31-16)14-19(30-3)22(25)17-13-15-7-4-5-9-18(15)32-23(17)29/h4-14H,1-3H3,(H2,26,27,28,33)/b11-10+. The first-order valence-electron chi connectivity index (χ1n) is 10.2. The van der Waals surface area contributed by atoms with Gasteiger partial charge in [0.05, 0.1) is 18.9 Å². The number of methoxy groups -OCH3 is 1. The van der Waals surface area contributed by atoms with Gasteiger partial charge in [-0.3, -0.25) is 10.1 Å². The van der Waals surface area contributed by atoms with Gasteiger partial charge in [-0.05, 0) is 42.6 Å². The molecule has 1 aliphatic carbocycles. The third-order valence-corrected chi connectivity index (χ3v) is 5.58. The molecule has 8 heteroatoms. The van der Waals surface area contributed by atoms with Gasteiger partial charge in [0.1, 0.15) is 17.1 Å². The number of benzene rings is 1. The average molecular weight is 463 g/mol. The Labute approximate surface area is 195 Å². The van der Waals surface area contributed by atoms with Crippen LogP contribution in [0.4, 0.5) is 0 Å². The first kappa shape index (κ1) is 22.3. The van der Waals surface area contributed by atoms with Crippen molar-refractivity contribution >= 4 is 45.9 Å². The van der Waals surface area contributed by atoms with Crippen molar-refractivity contribution in [1.29, 1.82) is 0 Å². The summed E-state index contributed by atoms with van der Waals surface area (Å²) in [5.74, 6) is 0.656. The van der Waals surface area contributed by atoms with Crippen LogP contribution in [0.15, 0.2) is 86.0 Å². The molecule has 0 aliphatic heterocycles. The van der Waals surface area contributed by atoms with Gasteiger partial charge in [0.25, 0.3) is 0 Å². The second kappa shape index (κ2) is 8.91. The van der Waals surface area contributed by atoms with Gasteiger partial charge in [0.15, 0.2) is 5.11 Å². The number of thiocarbonyl (C=S) groups is 1. The first-order chi connectivity index (χ1) is 15.8. The van der Waals surface area contributed by atoms with E-state index in [1.807, 2.05) is 32.0 Å². The molecule has 1 amide bonds. The summed E-state index contributed by atoms with van der Waals surface area (Å²) in [7, 11) is 1.53. The third kappa shape index (κ3) is 4.51. The summed E-state index contributed by atoms with van der Waals surface area (Å²) >= 11 is 5.32. The summed E-state index contributed by atoms with van der Waals surface area (Å²) < 4.78 is 16.3. The smallest absolute Gasteiger partial charge is 0.344 e. The van der Waals surface area contributed by atoms with E-state index >= 15 is 0 Å². The fraction of sp³-hybridized carbons (Fsp3) is 0.160. The molecule has 33 heavy (non-hydrogen) atoms. The SMILES string of the molecule is COC1=C(c2cc3ccccc3oc2=O)C(C)(C)C(NC(=S)NC(=O)/C=C/c2ccco2)=C1. The van der Waals surface area contributed by atoms with Crippen LogP contribution in [0.2, 0.25) is 0 Å². The Bertz CT molecular complexity index is 1380. The summed E-state index contributed by atoms with van der Waals surface area (Å²) in [5.41, 5.74) is 1.11. The number of furan rings is 1. The molecular weight excluding hydrogens is 440 g/mol. The molecule has 4 rings (SSSR count). The molecular formula is C25H22N2O5S. The van der Waals surface area contributed by atoms with E-state index in [2.05, 4.69) is 10.6 Å². The van der Waals surface area contributed by atoms with Gasteiger partial charge in [0.2, 0.25) is 5.91 Å². The maximum absolute atomic E-state index is 12.8. The van der Waals surface area contributed by atoms with E-state index in [0.717, 1.165) is 5.39 Å². The Balaban J connectivity index is 1.55. The van der Waals surface area contributed by atoms with E-state index < -0.39 is 16.9 Å². The van der Waals surface area contributed by atoms with Crippen LogP contribution in [0, 0.1) is 5.41 Å². The number of amides is 1. The molecule has 3 aromatic rings. The minimum Gasteiger partial charge on any atom is -0.496 e. The van der Waals surface area contributed by atoms with Gasteiger partial charge >= 0.3 is 5.63 Å². The molecule has 0 bridgehead atoms. The molecule has 2 aromatic heterocycles. The van der Waals surface area contributed by atoms with Crippen molar-refractivity contribution in [1.82, 2.24) is 10.6 Å². The quantitative estimate of drug-likeness (QED) is 0.330. The molecule has 1 aliphatic rings. The third-order valence-electron chi connectivity index (χ3n) is 5.38. The van der Waals surface area contributed by atoms with E-state index in [0.29, 0.717) is 33.9 Å². The van der Waals surface area contributed by atoms with Crippen molar-refractivity contribution in [2.75, 3.05) is 7.11 Å². The van der Waals surface area contributed by atoms with Crippen molar-refractivity contribution < 1.29 is 18.4 Å². The zero-order valence-electron chi connectivity index (χ0n) is 18.3. The maximum atomic E-state index is 12.8. The van der Waals surface area contributed by atoms with E-state index in [9.17, 15) is 9.59 Å². The summed E-state index contributed by atoms with van der Waals surface area (Å²) in [4.78, 5) is 25.0. The van der Waals surface area contributed by atoms with Gasteiger partial charge in [-0.15, -0.1) is 0 Å². The van der Waals surface area contributed by atoms with Crippen LogP contribution < -0.4 is 16.3 Å². The predicted octanol–water partition coefficient (Wildman–Crippen LogP) is 4.37. The van der Waals surface area contributed by atoms with Crippen LogP contribution in [0.3, 0.4) is 0 Å². The number of fused-ring (bicyclic) bond motifs is 1. The largest absolute Gasteiger partial charge is 0.496 e. The number of nitrogens with one attached hydrogen (secondary N) is 2. The van der Waals surface area contributed by atoms with Gasteiger partial charge in [-0.25, -0.2) is 4.79 Å². The van der Waals surface area contributed by atoms with E-state index in [4.69, 9.17) is 25.8 Å². The fourth-order valence-corrected chi connectivity index (χ4v) is 3.95. The number of allylic oxidation sites excluding steroid dienone is 2. The molecule has 0 fully saturated rings. The molecule has 0 radical (unpaired) electrons. The summed E-state index contributed by atoms with van der Waals surface area (Å²) in [6.07, 6.45) is 6.15. The number of carbonyl (C=O) groups excluding carboxylic acids is 1. The lowest BCUT2D eigenvalue weighted by molar-refractivity contribution is -0.115. The lowest BCUT2D eigenvalue weighted by Gasteiger charge is -2.27. The second-order valence-electron chi connectivity index (χ2n) is 7.90. The van der Waals surface area contributed by atoms with Crippen molar-refractivity contribution in [3.8, 4) is 0 Å². The molecule has 7 nitrogen and oxygen atoms in total. The van der Waals surface area contributed by atoms with Crippen LogP contribution in [0.5, 0.6) is 0 Å². The maximum Gasteiger partial charge on any atom is 0.344 e. The Morgan fingerprint density at radius 2 is 1.97 bits per heavy atom. The van der Waals surface area contributed by atoms with Gasteiger partial charge in [-0.1, -0.05) is 32.0 Å². The molecule has 2 N–H and O–H groups in total. The number of carbonyl (C=O) groups is 1. The lowest BCUT2D eigenvalue weighted by atomic mass is 9.81. The highest BCUT2D eigenvalue weighted by atomic mass is 32.1. The molecule has 0 unspecified atom stereocenters. The lowest BCUT2D eigenvalue weighted by Crippen LogP contribution is -2.40. The fourth-order valence-electron chi connectivity index (χ4n) is 3.74. The average Bonchev–Trinajstić information content (AvgIpc) is 3.38. The highest BCUT2D eigenvalue weighted by Gasteiger charge is 2.39. The van der Waals surface area contributed by atoms with E-state index in [1.165, 1.54) is 19.4 Å². The van der Waals surface area contributed by atoms with Gasteiger partial charge in [0, 0.05) is 34.2 Å². The summed E-state index contributed by atoms with van der Waals surface area (Å²) in [6.45, 7) is 3.87. The number of hydrogen-bond acceptors (Lipinski definition) is 6. The van der Waals surface area contributed by atoms with Crippen LogP contribution in [0.25, 0.3) is 22.6 Å². The first-order valence-corrected chi connectivity index (χ1v) is 10.6. The van der Waals surface area contributed by atoms with Gasteiger partial charge < -0.3 is 18.9 Å². The minimum atomic E-state index is -0.679. The van der Waals surface area contributed by atoms with Crippen molar-refractivity contribution in [3.05, 3.63) is 94.1 Å². The van der Waals surface area contributed by atoms with Crippen LogP contribution in [0.1, 0.15) is 25.2 Å². The Kier molecular flexibility index (Phi) is 6.02. The zero-order chi connectivity index (χ0) is 23.6. The number of para-hydroxylation sites is 1. The molecule has 0 saturated heterocycles. The molecule has 0 saturated carbocycles. The number of rotatable bonds is 5. The van der Waals surface area contributed by atoms with Crippen LogP contribution in [-0.2, 0) is 9.53 Å². The highest BCUT2D eigenvalue weighted by Crippen LogP contribution is 2.46. The molecule has 0 spiro atoms. The Hall–Kier alpha value is -3.91. The molecule has 2 heterocycles. The van der Waals surface area contributed by atoms with Crippen molar-refractivity contribution in [2.45, 2.75) is 13.8 Å². The summed E-state index contributed by atoms with van der Waals surface area (Å²) in [5, 5.41) is 6.59. The predicted molar refractivity (Wildman–Crippen MR) is 130 cm³/mol. The van der Waals surface area contributed by atoms with E-state index in [1.54, 1.807) is 36.4 Å². The number of hydrogen-bond donors (Lipinski definition) is 2. The van der Waals surface area contributed by atoms with Gasteiger partial charge in [-0.2, -0.15) is 0 Å². The van der Waals surface area contributed by atoms with Crippen molar-refractivity contribution in [2.24, 2.45) is 5.41 Å². The Morgan fingerprint density at radius 1 is 1.18 bits per heavy atom. The molecule has 0 atom stereocenters. The zero-order valence-corrected chi connectivity index (χ0v) is 19.1. The number of ether oxygens (including phenoxy) is 1. The normalized spacial score (nSPS) is 15.1. The van der Waals surface area contributed by atoms with Crippen LogP contribution >= 0.6 is 12.2 Å². The van der Waals surface area contributed by atoms with E-state index in [-0.39, 0.29) is 5.11 Å². The van der Waals surface area contributed by atoms with Crippen LogP contribution in [-0.4, -0.2) is 18.1 Å². The topological polar surface area (TPSA) is 93.7 Å². The summed E-state index contributed by atoms with van der Waals surface area (Å²) in [6, 6.07) is 12.6.